The molecule has 0 fully saturated rings. The molecular weight excluding hydrogens is 1220 g/mol. The molecule has 0 spiro atoms. The van der Waals surface area contributed by atoms with Crippen molar-refractivity contribution in [2.75, 3.05) is 93.8 Å². The number of rotatable bonds is 74. The number of carbonyl (C=O) groups is 4. The molecule has 586 valence electrons. The first-order valence-electron chi connectivity index (χ1n) is 43.2. The molecule has 0 aromatic carbocycles. The third-order valence-corrected chi connectivity index (χ3v) is 19.8. The average Bonchev–Trinajstić information content (AvgIpc) is 3.23. The second-order valence-corrected chi connectivity index (χ2v) is 29.9. The van der Waals surface area contributed by atoms with Crippen molar-refractivity contribution in [2.45, 2.75) is 428 Å². The van der Waals surface area contributed by atoms with E-state index in [0.717, 1.165) is 129 Å². The fourth-order valence-corrected chi connectivity index (χ4v) is 12.8. The van der Waals surface area contributed by atoms with Gasteiger partial charge in [-0.15, -0.1) is 0 Å². The fourth-order valence-electron chi connectivity index (χ4n) is 12.8. The van der Waals surface area contributed by atoms with E-state index in [-0.39, 0.29) is 36.1 Å². The van der Waals surface area contributed by atoms with Gasteiger partial charge in [0, 0.05) is 51.9 Å². The number of hydrogen-bond acceptors (Lipinski definition) is 12. The maximum absolute atomic E-state index is 12.4. The van der Waals surface area contributed by atoms with Crippen molar-refractivity contribution < 1.29 is 38.1 Å². The zero-order valence-corrected chi connectivity index (χ0v) is 68.6. The summed E-state index contributed by atoms with van der Waals surface area (Å²) in [6.07, 6.45) is 62.2. The molecule has 0 radical (unpaired) electrons. The maximum Gasteiger partial charge on any atom is 0.306 e. The third-order valence-electron chi connectivity index (χ3n) is 19.8. The smallest absolute Gasteiger partial charge is 0.306 e. The highest BCUT2D eigenvalue weighted by Crippen LogP contribution is 2.21. The van der Waals surface area contributed by atoms with Crippen LogP contribution in [0.5, 0.6) is 0 Å². The highest BCUT2D eigenvalue weighted by atomic mass is 16.6. The van der Waals surface area contributed by atoms with Gasteiger partial charge in [-0.05, 0) is 169 Å². The molecular formula is C86H174N4O8. The Hall–Kier alpha value is -2.28. The quantitative estimate of drug-likeness (QED) is 0.0328. The first-order chi connectivity index (χ1) is 47.7. The first-order valence-corrected chi connectivity index (χ1v) is 43.2. The highest BCUT2D eigenvalue weighted by Gasteiger charge is 2.17. The van der Waals surface area contributed by atoms with Gasteiger partial charge in [-0.25, -0.2) is 0 Å². The van der Waals surface area contributed by atoms with E-state index in [1.165, 1.54) is 244 Å². The summed E-state index contributed by atoms with van der Waals surface area (Å²) in [5, 5.41) is 0. The van der Waals surface area contributed by atoms with E-state index in [1.807, 2.05) is 13.8 Å². The number of likely N-dealkylation sites (N-methyl/N-ethyl adjacent to an activating group) is 2. The Balaban J connectivity index is -0.00000180. The lowest BCUT2D eigenvalue weighted by atomic mass is 10.0. The molecule has 12 nitrogen and oxygen atoms in total. The standard InChI is InChI=1S/C44H88N2O4.C40H80N2O4.C2H6/c1-7-11-25-33-41(31-13-9-3)49-43(47)35-27-21-17-15-19-23-29-37-46(40-39-45(5)6)38-30-24-20-16-18-22-28-36-44(48)50-42(32-14-10-4)34-26-12-8-2;1-7-11-27-37(9-3)35-45-39(43)29-23-19-15-13-17-21-25-31-42(34-33-41(5)6)32-26-22-18-14-16-20-24-30-40(44)46-36-38(10-4)28-12-8-2;1-2/h41-42H,7-40H2,1-6H3;37-38H,7-36H2,1-6H3;1-2H3. The van der Waals surface area contributed by atoms with Crippen molar-refractivity contribution in [3.8, 4) is 0 Å². The second-order valence-electron chi connectivity index (χ2n) is 29.9. The van der Waals surface area contributed by atoms with Crippen molar-refractivity contribution in [3.63, 3.8) is 0 Å². The van der Waals surface area contributed by atoms with Gasteiger partial charge in [-0.2, -0.15) is 0 Å². The minimum absolute atomic E-state index is 0.000134. The summed E-state index contributed by atoms with van der Waals surface area (Å²) in [5.74, 6) is 1.12. The molecule has 0 aliphatic rings. The van der Waals surface area contributed by atoms with Crippen molar-refractivity contribution in [3.05, 3.63) is 0 Å². The molecule has 0 aromatic heterocycles. The molecule has 0 bridgehead atoms. The molecule has 12 heteroatoms. The second kappa shape index (κ2) is 80.4. The van der Waals surface area contributed by atoms with Gasteiger partial charge in [0.1, 0.15) is 12.2 Å². The minimum Gasteiger partial charge on any atom is -0.465 e. The zero-order valence-electron chi connectivity index (χ0n) is 68.6. The summed E-state index contributed by atoms with van der Waals surface area (Å²) in [5.41, 5.74) is 0. The summed E-state index contributed by atoms with van der Waals surface area (Å²) in [4.78, 5) is 58.9. The molecule has 0 heterocycles. The van der Waals surface area contributed by atoms with Gasteiger partial charge >= 0.3 is 23.9 Å². The van der Waals surface area contributed by atoms with E-state index in [9.17, 15) is 19.2 Å². The molecule has 98 heavy (non-hydrogen) atoms. The molecule has 0 amide bonds. The first kappa shape index (κ1) is 99.9. The fraction of sp³-hybridized carbons (Fsp3) is 0.953. The topological polar surface area (TPSA) is 118 Å². The van der Waals surface area contributed by atoms with Crippen LogP contribution in [-0.2, 0) is 38.1 Å². The summed E-state index contributed by atoms with van der Waals surface area (Å²) in [6, 6.07) is 0. The van der Waals surface area contributed by atoms with E-state index < -0.39 is 0 Å². The van der Waals surface area contributed by atoms with Crippen LogP contribution < -0.4 is 0 Å². The monoisotopic (exact) mass is 1390 g/mol. The van der Waals surface area contributed by atoms with Crippen LogP contribution in [0.3, 0.4) is 0 Å². The molecule has 0 aliphatic carbocycles. The number of hydrogen-bond donors (Lipinski definition) is 0. The van der Waals surface area contributed by atoms with E-state index in [2.05, 4.69) is 103 Å². The van der Waals surface area contributed by atoms with Gasteiger partial charge in [0.2, 0.25) is 0 Å². The summed E-state index contributed by atoms with van der Waals surface area (Å²) in [6.45, 7) is 32.3. The van der Waals surface area contributed by atoms with Crippen molar-refractivity contribution >= 4 is 23.9 Å². The molecule has 4 unspecified atom stereocenters. The molecule has 0 N–H and O–H groups in total. The Kier molecular flexibility index (Phi) is 82.0. The normalized spacial score (nSPS) is 12.7. The largest absolute Gasteiger partial charge is 0.465 e. The van der Waals surface area contributed by atoms with Gasteiger partial charge in [-0.3, -0.25) is 19.2 Å². The summed E-state index contributed by atoms with van der Waals surface area (Å²) < 4.78 is 22.8. The SMILES string of the molecule is CC.CCCCC(CC)COC(=O)CCCCCCCCCN(CCCCCCCCCC(=O)OCC(CC)CCCC)CCN(C)C.CCCCCC(CCCC)OC(=O)CCCCCCCCCN(CCCCCCCCCC(=O)OC(CCCC)CCCCC)CCN(C)C. The van der Waals surface area contributed by atoms with Crippen molar-refractivity contribution in [1.29, 1.82) is 0 Å². The van der Waals surface area contributed by atoms with Crippen LogP contribution >= 0.6 is 0 Å². The van der Waals surface area contributed by atoms with Crippen molar-refractivity contribution in [1.82, 2.24) is 19.6 Å². The van der Waals surface area contributed by atoms with Crippen LogP contribution in [0.2, 0.25) is 0 Å². The van der Waals surface area contributed by atoms with E-state index >= 15 is 0 Å². The van der Waals surface area contributed by atoms with Crippen LogP contribution in [0.25, 0.3) is 0 Å². The third kappa shape index (κ3) is 74.9. The van der Waals surface area contributed by atoms with Crippen LogP contribution in [0.1, 0.15) is 416 Å². The Morgan fingerprint density at radius 1 is 0.255 bits per heavy atom. The lowest BCUT2D eigenvalue weighted by molar-refractivity contribution is -0.151. The van der Waals surface area contributed by atoms with Gasteiger partial charge < -0.3 is 38.5 Å². The highest BCUT2D eigenvalue weighted by molar-refractivity contribution is 5.70. The van der Waals surface area contributed by atoms with Gasteiger partial charge in [-0.1, -0.05) is 288 Å². The summed E-state index contributed by atoms with van der Waals surface area (Å²) in [7, 11) is 8.69. The maximum atomic E-state index is 12.4. The molecule has 4 atom stereocenters. The molecule has 0 aliphatic heterocycles. The number of ether oxygens (including phenoxy) is 4. The Morgan fingerprint density at radius 3 is 0.745 bits per heavy atom. The zero-order chi connectivity index (χ0) is 73.0. The van der Waals surface area contributed by atoms with Crippen LogP contribution in [0.15, 0.2) is 0 Å². The lowest BCUT2D eigenvalue weighted by Gasteiger charge is -2.24. The Bertz CT molecular complexity index is 1530. The molecule has 0 saturated carbocycles. The van der Waals surface area contributed by atoms with Crippen molar-refractivity contribution in [2.24, 2.45) is 11.8 Å². The van der Waals surface area contributed by atoms with E-state index in [1.54, 1.807) is 0 Å². The van der Waals surface area contributed by atoms with Crippen LogP contribution in [0, 0.1) is 11.8 Å². The molecule has 0 rings (SSSR count). The Labute approximate surface area is 612 Å². The minimum atomic E-state index is 0.000134. The lowest BCUT2D eigenvalue weighted by Crippen LogP contribution is -2.33. The molecule has 0 aromatic rings. The molecule has 0 saturated heterocycles. The Morgan fingerprint density at radius 2 is 0.490 bits per heavy atom. The van der Waals surface area contributed by atoms with Crippen LogP contribution in [-0.4, -0.2) is 149 Å². The van der Waals surface area contributed by atoms with Gasteiger partial charge in [0.05, 0.1) is 13.2 Å². The number of carbonyl (C=O) groups excluding carboxylic acids is 4. The summed E-state index contributed by atoms with van der Waals surface area (Å²) >= 11 is 0. The average molecular weight is 1390 g/mol. The van der Waals surface area contributed by atoms with E-state index in [4.69, 9.17) is 18.9 Å². The number of unbranched alkanes of at least 4 members (excludes halogenated alkanes) is 32. The predicted molar refractivity (Wildman–Crippen MR) is 425 cm³/mol. The van der Waals surface area contributed by atoms with Gasteiger partial charge in [0.15, 0.2) is 0 Å². The predicted octanol–water partition coefficient (Wildman–Crippen LogP) is 24.1. The van der Waals surface area contributed by atoms with Gasteiger partial charge in [0.25, 0.3) is 0 Å². The van der Waals surface area contributed by atoms with Crippen LogP contribution in [0.4, 0.5) is 0 Å². The number of nitrogens with zero attached hydrogens (tertiary/aromatic N) is 4. The number of esters is 4. The van der Waals surface area contributed by atoms with E-state index in [0.29, 0.717) is 50.7 Å².